The quantitative estimate of drug-likeness (QED) is 0.360. The number of fused-ring (bicyclic) bond motifs is 1. The lowest BCUT2D eigenvalue weighted by atomic mass is 9.76. The second-order valence-corrected chi connectivity index (χ2v) is 9.93. The Labute approximate surface area is 213 Å². The molecule has 2 unspecified atom stereocenters. The average molecular weight is 485 g/mol. The van der Waals surface area contributed by atoms with Gasteiger partial charge in [-0.05, 0) is 29.7 Å². The monoisotopic (exact) mass is 485 g/mol. The van der Waals surface area contributed by atoms with Crippen LogP contribution in [-0.2, 0) is 27.5 Å². The van der Waals surface area contributed by atoms with Crippen LogP contribution in [0.4, 0.5) is 0 Å². The van der Waals surface area contributed by atoms with E-state index in [1.54, 1.807) is 11.0 Å². The number of carbonyl (C=O) groups excluding carboxylic acids is 3. The molecule has 0 saturated carbocycles. The fraction of sp³-hybridized carbons (Fsp3) is 0.400. The second kappa shape index (κ2) is 10.1. The van der Waals surface area contributed by atoms with Crippen molar-refractivity contribution < 1.29 is 23.9 Å². The molecule has 5 rings (SSSR count). The molecule has 2 atom stereocenters. The lowest BCUT2D eigenvalue weighted by Crippen LogP contribution is -2.52. The molecule has 0 spiro atoms. The number of carbonyl (C=O) groups is 3. The van der Waals surface area contributed by atoms with Crippen molar-refractivity contribution in [2.75, 3.05) is 26.3 Å². The first-order valence-electron chi connectivity index (χ1n) is 12.6. The zero-order valence-electron chi connectivity index (χ0n) is 21.1. The van der Waals surface area contributed by atoms with Gasteiger partial charge in [0.25, 0.3) is 5.91 Å². The molecule has 0 aliphatic carbocycles. The highest BCUT2D eigenvalue weighted by atomic mass is 16.5. The molecule has 0 aromatic heterocycles. The minimum Gasteiger partial charge on any atom is -0.489 e. The van der Waals surface area contributed by atoms with Gasteiger partial charge in [-0.1, -0.05) is 29.1 Å². The van der Waals surface area contributed by atoms with E-state index in [1.807, 2.05) is 12.1 Å². The first-order valence-corrected chi connectivity index (χ1v) is 12.6. The molecule has 2 fully saturated rings. The normalized spacial score (nSPS) is 21.3. The number of imide groups is 1. The van der Waals surface area contributed by atoms with Crippen molar-refractivity contribution in [1.29, 1.82) is 0 Å². The summed E-state index contributed by atoms with van der Waals surface area (Å²) in [6.45, 7) is 4.13. The second-order valence-electron chi connectivity index (χ2n) is 9.93. The molecule has 11 heteroatoms. The fourth-order valence-corrected chi connectivity index (χ4v) is 5.51. The van der Waals surface area contributed by atoms with Gasteiger partial charge in [-0.2, -0.15) is 0 Å². The van der Waals surface area contributed by atoms with Crippen molar-refractivity contribution in [2.45, 2.75) is 38.0 Å². The maximum absolute atomic E-state index is 13.1. The molecule has 2 aromatic carbocycles. The molecular weight excluding hydrogens is 455 g/mol. The number of nitrogens with zero attached hydrogens (tertiary/aromatic N) is 2. The molecule has 36 heavy (non-hydrogen) atoms. The molecule has 184 valence electrons. The third-order valence-corrected chi connectivity index (χ3v) is 7.71. The Morgan fingerprint density at radius 1 is 1.11 bits per heavy atom. The maximum atomic E-state index is 13.1. The van der Waals surface area contributed by atoms with Crippen LogP contribution in [0, 0.1) is 0 Å². The van der Waals surface area contributed by atoms with E-state index in [4.69, 9.17) is 9.47 Å². The molecule has 3 aliphatic rings. The van der Waals surface area contributed by atoms with Gasteiger partial charge in [0.15, 0.2) is 0 Å². The summed E-state index contributed by atoms with van der Waals surface area (Å²) < 4.78 is 11.8. The van der Waals surface area contributed by atoms with Crippen LogP contribution in [0.2, 0.25) is 0 Å². The number of ether oxygens (including phenoxy) is 2. The van der Waals surface area contributed by atoms with Gasteiger partial charge < -0.3 is 14.4 Å². The summed E-state index contributed by atoms with van der Waals surface area (Å²) in [7, 11) is 6.48. The van der Waals surface area contributed by atoms with E-state index in [0.717, 1.165) is 37.4 Å². The lowest BCUT2D eigenvalue weighted by Gasteiger charge is -2.33. The summed E-state index contributed by atoms with van der Waals surface area (Å²) in [5.41, 5.74) is 6.14. The van der Waals surface area contributed by atoms with Crippen LogP contribution in [0.25, 0.3) is 0 Å². The number of rotatable bonds is 6. The topological polar surface area (TPSA) is 88.2 Å². The Hall–Kier alpha value is -3.04. The molecule has 8 nitrogen and oxygen atoms in total. The predicted octanol–water partition coefficient (Wildman–Crippen LogP) is -2.49. The van der Waals surface area contributed by atoms with E-state index in [2.05, 4.69) is 45.9 Å². The summed E-state index contributed by atoms with van der Waals surface area (Å²) in [5, 5.41) is 2.35. The van der Waals surface area contributed by atoms with Crippen molar-refractivity contribution in [3.63, 3.8) is 0 Å². The Bertz CT molecular complexity index is 1190. The average Bonchev–Trinajstić information content (AvgIpc) is 3.20. The van der Waals surface area contributed by atoms with Crippen LogP contribution < -0.4 is 21.0 Å². The Morgan fingerprint density at radius 2 is 1.83 bits per heavy atom. The summed E-state index contributed by atoms with van der Waals surface area (Å²) in [5.74, 6) is 0.0787. The van der Waals surface area contributed by atoms with Gasteiger partial charge in [-0.15, -0.1) is 0 Å². The highest BCUT2D eigenvalue weighted by Crippen LogP contribution is 2.34. The zero-order chi connectivity index (χ0) is 25.4. The molecule has 3 amide bonds. The van der Waals surface area contributed by atoms with E-state index in [0.29, 0.717) is 36.8 Å². The van der Waals surface area contributed by atoms with Crippen LogP contribution in [0.1, 0.15) is 45.8 Å². The zero-order valence-corrected chi connectivity index (χ0v) is 21.1. The van der Waals surface area contributed by atoms with Crippen molar-refractivity contribution in [3.05, 3.63) is 52.6 Å². The number of amides is 3. The molecule has 0 radical (unpaired) electrons. The van der Waals surface area contributed by atoms with Crippen LogP contribution in [0.5, 0.6) is 5.75 Å². The van der Waals surface area contributed by atoms with Gasteiger partial charge >= 0.3 is 0 Å². The highest BCUT2D eigenvalue weighted by Gasteiger charge is 2.40. The van der Waals surface area contributed by atoms with Crippen LogP contribution in [0.15, 0.2) is 30.3 Å². The van der Waals surface area contributed by atoms with E-state index in [9.17, 15) is 14.4 Å². The van der Waals surface area contributed by atoms with Gasteiger partial charge in [0, 0.05) is 36.6 Å². The van der Waals surface area contributed by atoms with Crippen molar-refractivity contribution >= 4 is 52.2 Å². The predicted molar refractivity (Wildman–Crippen MR) is 143 cm³/mol. The third-order valence-electron chi connectivity index (χ3n) is 7.71. The number of morpholine rings is 1. The Kier molecular flexibility index (Phi) is 6.95. The number of benzene rings is 2. The Morgan fingerprint density at radius 3 is 2.53 bits per heavy atom. The molecule has 2 aromatic rings. The van der Waals surface area contributed by atoms with E-state index >= 15 is 0 Å². The molecule has 2 saturated heterocycles. The number of hydrogen-bond acceptors (Lipinski definition) is 6. The van der Waals surface area contributed by atoms with Crippen molar-refractivity contribution in [2.24, 2.45) is 0 Å². The SMILES string of the molecule is Bc1cc(C(B)N2CCOCC2)cc(B)c1COc1cccc2c1CN(C1CCC(=O)NC1=O)C2=O. The van der Waals surface area contributed by atoms with Gasteiger partial charge in [0.05, 0.1) is 19.8 Å². The minimum atomic E-state index is -0.638. The van der Waals surface area contributed by atoms with Crippen LogP contribution >= 0.6 is 0 Å². The number of nitrogens with one attached hydrogen (secondary N) is 1. The van der Waals surface area contributed by atoms with Crippen molar-refractivity contribution in [3.8, 4) is 5.75 Å². The van der Waals surface area contributed by atoms with E-state index in [-0.39, 0.29) is 18.2 Å². The third kappa shape index (κ3) is 4.69. The number of piperidine rings is 1. The van der Waals surface area contributed by atoms with E-state index < -0.39 is 11.9 Å². The summed E-state index contributed by atoms with van der Waals surface area (Å²) in [4.78, 5) is 41.0. The van der Waals surface area contributed by atoms with Crippen LogP contribution in [0.3, 0.4) is 0 Å². The minimum absolute atomic E-state index is 0.196. The first kappa shape index (κ1) is 24.7. The summed E-state index contributed by atoms with van der Waals surface area (Å²) in [6.07, 6.45) is 0.576. The summed E-state index contributed by atoms with van der Waals surface area (Å²) in [6, 6.07) is 9.31. The van der Waals surface area contributed by atoms with Gasteiger partial charge in [0.1, 0.15) is 41.9 Å². The smallest absolute Gasteiger partial charge is 0.255 e. The lowest BCUT2D eigenvalue weighted by molar-refractivity contribution is -0.136. The van der Waals surface area contributed by atoms with E-state index in [1.165, 1.54) is 16.5 Å². The van der Waals surface area contributed by atoms with Gasteiger partial charge in [0.2, 0.25) is 11.8 Å². The number of hydrogen-bond donors (Lipinski definition) is 1. The highest BCUT2D eigenvalue weighted by molar-refractivity contribution is 6.40. The van der Waals surface area contributed by atoms with Crippen LogP contribution in [-0.4, -0.2) is 83.4 Å². The molecule has 1 N–H and O–H groups in total. The van der Waals surface area contributed by atoms with Gasteiger partial charge in [-0.25, -0.2) is 0 Å². The molecule has 3 heterocycles. The molecular formula is C25H30B3N3O5. The molecule has 0 bridgehead atoms. The Balaban J connectivity index is 1.31. The molecule has 3 aliphatic heterocycles. The fourth-order valence-electron chi connectivity index (χ4n) is 5.51. The summed E-state index contributed by atoms with van der Waals surface area (Å²) >= 11 is 0. The largest absolute Gasteiger partial charge is 0.489 e. The van der Waals surface area contributed by atoms with Crippen molar-refractivity contribution in [1.82, 2.24) is 15.1 Å². The van der Waals surface area contributed by atoms with Gasteiger partial charge in [-0.3, -0.25) is 24.6 Å². The standard InChI is InChI=1S/C25H30B3N3O5/c26-18-10-14(23(28)30-6-8-35-9-7-30)11-19(27)17(18)13-36-21-3-1-2-15-16(21)12-31(25(15)34)20-4-5-22(32)29-24(20)33/h1-3,10-11,20,23H,4-9,12-13,26-28H2,(H,29,32,33). The first-order chi connectivity index (χ1) is 17.3. The maximum Gasteiger partial charge on any atom is 0.255 e.